The van der Waals surface area contributed by atoms with Gasteiger partial charge in [-0.1, -0.05) is 34.3 Å². The highest BCUT2D eigenvalue weighted by Gasteiger charge is 2.23. The first kappa shape index (κ1) is 17.1. The lowest BCUT2D eigenvalue weighted by molar-refractivity contribution is -0.142. The Kier molecular flexibility index (Phi) is 7.18. The second-order valence-electron chi connectivity index (χ2n) is 6.07. The molecule has 0 aromatic heterocycles. The fraction of sp³-hybridized carbons (Fsp3) is 0.786. The zero-order chi connectivity index (χ0) is 14.2. The van der Waals surface area contributed by atoms with Crippen molar-refractivity contribution in [3.8, 4) is 0 Å². The van der Waals surface area contributed by atoms with E-state index in [1.807, 2.05) is 13.8 Å². The first-order chi connectivity index (χ1) is 8.22. The van der Waals surface area contributed by atoms with Crippen LogP contribution >= 0.6 is 0 Å². The molecule has 0 bridgehead atoms. The third-order valence-electron chi connectivity index (χ3n) is 2.29. The summed E-state index contributed by atoms with van der Waals surface area (Å²) in [7, 11) is 1.68. The molecule has 0 saturated heterocycles. The van der Waals surface area contributed by atoms with Crippen molar-refractivity contribution in [3.05, 3.63) is 12.7 Å². The summed E-state index contributed by atoms with van der Waals surface area (Å²) in [6.07, 6.45) is 1.17. The Labute approximate surface area is 110 Å². The van der Waals surface area contributed by atoms with Crippen molar-refractivity contribution >= 4 is 5.97 Å². The topological polar surface area (TPSA) is 44.8 Å². The average molecular weight is 258 g/mol. The lowest BCUT2D eigenvalue weighted by Crippen LogP contribution is -2.31. The molecule has 0 aliphatic carbocycles. The smallest absolute Gasteiger partial charge is 0.330 e. The van der Waals surface area contributed by atoms with Crippen LogP contribution in [0.5, 0.6) is 0 Å². The molecular formula is C14H26O4. The molecule has 0 N–H and O–H groups in total. The summed E-state index contributed by atoms with van der Waals surface area (Å²) < 4.78 is 15.8. The number of rotatable bonds is 9. The second kappa shape index (κ2) is 7.54. The molecule has 0 saturated carbocycles. The van der Waals surface area contributed by atoms with E-state index in [9.17, 15) is 4.79 Å². The van der Waals surface area contributed by atoms with Crippen LogP contribution in [0.3, 0.4) is 0 Å². The van der Waals surface area contributed by atoms with Gasteiger partial charge in [0.2, 0.25) is 0 Å². The van der Waals surface area contributed by atoms with Crippen molar-refractivity contribution in [1.29, 1.82) is 0 Å². The Morgan fingerprint density at radius 1 is 1.06 bits per heavy atom. The van der Waals surface area contributed by atoms with Gasteiger partial charge in [0.05, 0.1) is 26.4 Å². The Hall–Kier alpha value is -0.870. The summed E-state index contributed by atoms with van der Waals surface area (Å²) in [5.41, 5.74) is -0.218. The zero-order valence-corrected chi connectivity index (χ0v) is 12.2. The monoisotopic (exact) mass is 258 g/mol. The van der Waals surface area contributed by atoms with E-state index in [0.717, 1.165) is 0 Å². The normalized spacial score (nSPS) is 12.3. The zero-order valence-electron chi connectivity index (χ0n) is 12.2. The third-order valence-corrected chi connectivity index (χ3v) is 2.29. The van der Waals surface area contributed by atoms with E-state index < -0.39 is 5.97 Å². The Balaban J connectivity index is 3.96. The van der Waals surface area contributed by atoms with Gasteiger partial charge in [-0.05, 0) is 0 Å². The fourth-order valence-corrected chi connectivity index (χ4v) is 1.40. The van der Waals surface area contributed by atoms with Gasteiger partial charge in [0.25, 0.3) is 0 Å². The molecule has 18 heavy (non-hydrogen) atoms. The molecule has 0 aromatic carbocycles. The molecule has 4 nitrogen and oxygen atoms in total. The summed E-state index contributed by atoms with van der Waals surface area (Å²) in [4.78, 5) is 11.0. The maximum absolute atomic E-state index is 11.0. The quantitative estimate of drug-likeness (QED) is 0.470. The molecule has 0 spiro atoms. The van der Waals surface area contributed by atoms with Gasteiger partial charge in [-0.15, -0.1) is 0 Å². The van der Waals surface area contributed by atoms with Crippen LogP contribution in [0.25, 0.3) is 0 Å². The molecule has 0 rings (SSSR count). The van der Waals surface area contributed by atoms with Gasteiger partial charge in [-0.25, -0.2) is 4.79 Å². The largest absolute Gasteiger partial charge is 0.462 e. The van der Waals surface area contributed by atoms with Crippen molar-refractivity contribution < 1.29 is 19.0 Å². The van der Waals surface area contributed by atoms with Crippen LogP contribution in [0.1, 0.15) is 27.7 Å². The van der Waals surface area contributed by atoms with Gasteiger partial charge in [0.1, 0.15) is 0 Å². The SMILES string of the molecule is C=CC(=O)OCC(C)(C)COCC(C)(C)COC. The first-order valence-electron chi connectivity index (χ1n) is 6.08. The highest BCUT2D eigenvalue weighted by atomic mass is 16.5. The summed E-state index contributed by atoms with van der Waals surface area (Å²) in [5, 5.41) is 0. The van der Waals surface area contributed by atoms with E-state index in [-0.39, 0.29) is 10.8 Å². The highest BCUT2D eigenvalue weighted by molar-refractivity contribution is 5.81. The molecule has 0 aliphatic heterocycles. The van der Waals surface area contributed by atoms with Crippen molar-refractivity contribution in [2.45, 2.75) is 27.7 Å². The number of carbonyl (C=O) groups excluding carboxylic acids is 1. The van der Waals surface area contributed by atoms with Crippen LogP contribution < -0.4 is 0 Å². The second-order valence-corrected chi connectivity index (χ2v) is 6.07. The van der Waals surface area contributed by atoms with Crippen molar-refractivity contribution in [1.82, 2.24) is 0 Å². The predicted molar refractivity (Wildman–Crippen MR) is 71.4 cm³/mol. The molecule has 0 aliphatic rings. The van der Waals surface area contributed by atoms with Gasteiger partial charge >= 0.3 is 5.97 Å². The molecule has 0 atom stereocenters. The lowest BCUT2D eigenvalue weighted by atomic mass is 9.94. The van der Waals surface area contributed by atoms with E-state index in [4.69, 9.17) is 14.2 Å². The van der Waals surface area contributed by atoms with Crippen LogP contribution in [-0.2, 0) is 19.0 Å². The van der Waals surface area contributed by atoms with Gasteiger partial charge in [-0.3, -0.25) is 0 Å². The Morgan fingerprint density at radius 2 is 1.56 bits per heavy atom. The standard InChI is InChI=1S/C14H26O4/c1-7-12(15)18-11-14(4,5)10-17-9-13(2,3)8-16-6/h7H,1,8-11H2,2-6H3. The number of esters is 1. The fourth-order valence-electron chi connectivity index (χ4n) is 1.40. The summed E-state index contributed by atoms with van der Waals surface area (Å²) in [5.74, 6) is -0.400. The predicted octanol–water partition coefficient (Wildman–Crippen LogP) is 2.43. The number of hydrogen-bond donors (Lipinski definition) is 0. The van der Waals surface area contributed by atoms with E-state index >= 15 is 0 Å². The van der Waals surface area contributed by atoms with Crippen LogP contribution in [0.2, 0.25) is 0 Å². The molecule has 0 fully saturated rings. The number of hydrogen-bond acceptors (Lipinski definition) is 4. The van der Waals surface area contributed by atoms with E-state index in [1.54, 1.807) is 7.11 Å². The Bertz CT molecular complexity index is 269. The molecule has 0 unspecified atom stereocenters. The molecule has 0 amide bonds. The van der Waals surface area contributed by atoms with E-state index in [2.05, 4.69) is 20.4 Å². The van der Waals surface area contributed by atoms with Crippen molar-refractivity contribution in [2.75, 3.05) is 33.5 Å². The average Bonchev–Trinajstić information content (AvgIpc) is 2.25. The minimum Gasteiger partial charge on any atom is -0.462 e. The summed E-state index contributed by atoms with van der Waals surface area (Å²) in [6.45, 7) is 13.6. The van der Waals surface area contributed by atoms with Crippen molar-refractivity contribution in [3.63, 3.8) is 0 Å². The van der Waals surface area contributed by atoms with Crippen LogP contribution in [0.15, 0.2) is 12.7 Å². The maximum Gasteiger partial charge on any atom is 0.330 e. The van der Waals surface area contributed by atoms with E-state index in [1.165, 1.54) is 6.08 Å². The lowest BCUT2D eigenvalue weighted by Gasteiger charge is -2.28. The van der Waals surface area contributed by atoms with Crippen LogP contribution in [-0.4, -0.2) is 39.5 Å². The van der Waals surface area contributed by atoms with E-state index in [0.29, 0.717) is 26.4 Å². The molecule has 0 heterocycles. The van der Waals surface area contributed by atoms with Crippen molar-refractivity contribution in [2.24, 2.45) is 10.8 Å². The number of carbonyl (C=O) groups is 1. The Morgan fingerprint density at radius 3 is 2.00 bits per heavy atom. The third kappa shape index (κ3) is 8.25. The molecule has 0 radical (unpaired) electrons. The maximum atomic E-state index is 11.0. The molecule has 106 valence electrons. The minimum absolute atomic E-state index is 0.0113. The van der Waals surface area contributed by atoms with Gasteiger partial charge in [0, 0.05) is 24.0 Å². The molecule has 0 aromatic rings. The first-order valence-corrected chi connectivity index (χ1v) is 6.08. The van der Waals surface area contributed by atoms with Gasteiger partial charge in [0.15, 0.2) is 0 Å². The minimum atomic E-state index is -0.400. The summed E-state index contributed by atoms with van der Waals surface area (Å²) >= 11 is 0. The number of ether oxygens (including phenoxy) is 3. The highest BCUT2D eigenvalue weighted by Crippen LogP contribution is 2.20. The van der Waals surface area contributed by atoms with Crippen LogP contribution in [0.4, 0.5) is 0 Å². The van der Waals surface area contributed by atoms with Crippen LogP contribution in [0, 0.1) is 10.8 Å². The number of methoxy groups -OCH3 is 1. The molecule has 4 heteroatoms. The van der Waals surface area contributed by atoms with Gasteiger partial charge in [-0.2, -0.15) is 0 Å². The summed E-state index contributed by atoms with van der Waals surface area (Å²) in [6, 6.07) is 0. The van der Waals surface area contributed by atoms with Gasteiger partial charge < -0.3 is 14.2 Å². The molecular weight excluding hydrogens is 232 g/mol.